The van der Waals surface area contributed by atoms with E-state index in [0.29, 0.717) is 0 Å². The average Bonchev–Trinajstić information content (AvgIpc) is 2.86. The van der Waals surface area contributed by atoms with Crippen molar-refractivity contribution in [1.29, 1.82) is 0 Å². The predicted molar refractivity (Wildman–Crippen MR) is 148 cm³/mol. The van der Waals surface area contributed by atoms with Crippen molar-refractivity contribution in [2.45, 2.75) is 49.8 Å². The molecule has 1 heterocycles. The van der Waals surface area contributed by atoms with Crippen LogP contribution in [0.25, 0.3) is 0 Å². The minimum Gasteiger partial charge on any atom is -0.405 e. The highest BCUT2D eigenvalue weighted by molar-refractivity contribution is 7.89. The van der Waals surface area contributed by atoms with Gasteiger partial charge in [0.1, 0.15) is 0 Å². The lowest BCUT2D eigenvalue weighted by Crippen LogP contribution is -2.67. The van der Waals surface area contributed by atoms with Crippen LogP contribution in [0.1, 0.15) is 26.3 Å². The Morgan fingerprint density at radius 1 is 0.889 bits per heavy atom. The molecule has 0 amide bonds. The van der Waals surface area contributed by atoms with Crippen molar-refractivity contribution < 1.29 is 18.0 Å². The van der Waals surface area contributed by atoms with E-state index in [2.05, 4.69) is 45.0 Å². The normalized spacial score (nSPS) is 19.4. The van der Waals surface area contributed by atoms with Crippen molar-refractivity contribution in [2.24, 2.45) is 0 Å². The van der Waals surface area contributed by atoms with Crippen molar-refractivity contribution >= 4 is 28.7 Å². The molecule has 0 unspecified atom stereocenters. The maximum Gasteiger partial charge on any atom is 0.261 e. The molecular weight excluding hydrogens is 486 g/mol. The van der Waals surface area contributed by atoms with Gasteiger partial charge in [0.15, 0.2) is 0 Å². The molecule has 1 N–H and O–H groups in total. The van der Waals surface area contributed by atoms with Gasteiger partial charge < -0.3 is 9.53 Å². The summed E-state index contributed by atoms with van der Waals surface area (Å²) < 4.78 is 35.7. The molecule has 0 spiro atoms. The number of rotatable bonds is 7. The largest absolute Gasteiger partial charge is 0.405 e. The molecule has 190 valence electrons. The van der Waals surface area contributed by atoms with E-state index in [0.717, 1.165) is 15.9 Å². The molecule has 3 aromatic rings. The third kappa shape index (κ3) is 5.12. The van der Waals surface area contributed by atoms with Crippen LogP contribution in [0.2, 0.25) is 5.04 Å². The molecule has 0 aromatic heterocycles. The lowest BCUT2D eigenvalue weighted by molar-refractivity contribution is 0.143. The Balaban J connectivity index is 1.75. The molecule has 2 atom stereocenters. The second kappa shape index (κ2) is 10.4. The number of hydrogen-bond donors (Lipinski definition) is 1. The number of aliphatic hydroxyl groups is 1. The number of hydrogen-bond acceptors (Lipinski definition) is 4. The third-order valence-electron chi connectivity index (χ3n) is 6.81. The second-order valence-corrected chi connectivity index (χ2v) is 16.6. The fraction of sp³-hybridized carbons (Fsp3) is 0.310. The summed E-state index contributed by atoms with van der Waals surface area (Å²) in [7, 11) is -6.68. The van der Waals surface area contributed by atoms with Crippen LogP contribution in [0.5, 0.6) is 0 Å². The van der Waals surface area contributed by atoms with Crippen LogP contribution in [-0.4, -0.2) is 51.4 Å². The van der Waals surface area contributed by atoms with Gasteiger partial charge in [-0.1, -0.05) is 111 Å². The molecule has 0 radical (unpaired) electrons. The summed E-state index contributed by atoms with van der Waals surface area (Å²) in [5.74, 6) is 0. The van der Waals surface area contributed by atoms with E-state index < -0.39 is 30.5 Å². The van der Waals surface area contributed by atoms with Crippen LogP contribution >= 0.6 is 0 Å². The first-order valence-electron chi connectivity index (χ1n) is 12.3. The van der Waals surface area contributed by atoms with Gasteiger partial charge in [0.2, 0.25) is 10.0 Å². The number of β-amino-alcohol motifs (C(OH)–C–C–N with tert-alkyl or cyclic N) is 1. The fourth-order valence-corrected chi connectivity index (χ4v) is 11.1. The molecule has 3 aromatic carbocycles. The molecule has 4 rings (SSSR count). The molecule has 0 fully saturated rings. The van der Waals surface area contributed by atoms with E-state index in [4.69, 9.17) is 4.43 Å². The number of aliphatic hydroxyl groups excluding tert-OH is 1. The Morgan fingerprint density at radius 3 is 1.92 bits per heavy atom. The standard InChI is InChI=1S/C29H35NO4SSi/c1-23-15-19-26(20-16-23)35(32,33)30-21-25(31)18-17-24(30)22-34-36(29(2,3)4,27-11-7-5-8-12-27)28-13-9-6-10-14-28/h5-20,24-25,31H,21-22H2,1-4H3/t24-,25-/m1/s1. The molecule has 0 aliphatic carbocycles. The van der Waals surface area contributed by atoms with Crippen LogP contribution in [0.15, 0.2) is 102 Å². The highest BCUT2D eigenvalue weighted by Gasteiger charge is 2.51. The molecule has 0 saturated heterocycles. The number of aryl methyl sites for hydroxylation is 1. The summed E-state index contributed by atoms with van der Waals surface area (Å²) in [5, 5.41) is 12.4. The van der Waals surface area contributed by atoms with Gasteiger partial charge in [-0.05, 0) is 34.5 Å². The maximum atomic E-state index is 13.7. The summed E-state index contributed by atoms with van der Waals surface area (Å²) in [6.45, 7) is 8.68. The summed E-state index contributed by atoms with van der Waals surface area (Å²) in [6.07, 6.45) is 2.56. The average molecular weight is 522 g/mol. The van der Waals surface area contributed by atoms with E-state index in [-0.39, 0.29) is 23.1 Å². The zero-order valence-electron chi connectivity index (χ0n) is 21.3. The molecular formula is C29H35NO4SSi. The van der Waals surface area contributed by atoms with Crippen LogP contribution < -0.4 is 10.4 Å². The van der Waals surface area contributed by atoms with Crippen molar-refractivity contribution in [1.82, 2.24) is 4.31 Å². The Bertz CT molecular complexity index is 1250. The lowest BCUT2D eigenvalue weighted by atomic mass is 10.1. The predicted octanol–water partition coefficient (Wildman–Crippen LogP) is 3.86. The topological polar surface area (TPSA) is 66.8 Å². The minimum atomic E-state index is -3.84. The lowest BCUT2D eigenvalue weighted by Gasteiger charge is -2.44. The SMILES string of the molecule is Cc1ccc(S(=O)(=O)N2C[C@H](O)C=C[C@@H]2CO[Si](c2ccccc2)(c2ccccc2)C(C)(C)C)cc1. The van der Waals surface area contributed by atoms with Crippen molar-refractivity contribution in [3.63, 3.8) is 0 Å². The summed E-state index contributed by atoms with van der Waals surface area (Å²) >= 11 is 0. The Kier molecular flexibility index (Phi) is 7.69. The Hall–Kier alpha value is -2.55. The van der Waals surface area contributed by atoms with Crippen LogP contribution in [0.4, 0.5) is 0 Å². The maximum absolute atomic E-state index is 13.7. The zero-order chi connectivity index (χ0) is 26.0. The van der Waals surface area contributed by atoms with Crippen molar-refractivity contribution in [3.8, 4) is 0 Å². The summed E-state index contributed by atoms with van der Waals surface area (Å²) in [6, 6.07) is 26.9. The van der Waals surface area contributed by atoms with Gasteiger partial charge in [-0.25, -0.2) is 8.42 Å². The number of nitrogens with zero attached hydrogens (tertiary/aromatic N) is 1. The van der Waals surface area contributed by atoms with Gasteiger partial charge in [0.05, 0.1) is 23.6 Å². The first-order chi connectivity index (χ1) is 17.1. The van der Waals surface area contributed by atoms with Gasteiger partial charge in [-0.3, -0.25) is 0 Å². The minimum absolute atomic E-state index is 0.0124. The van der Waals surface area contributed by atoms with Crippen molar-refractivity contribution in [2.75, 3.05) is 13.2 Å². The van der Waals surface area contributed by atoms with Gasteiger partial charge in [0, 0.05) is 6.54 Å². The van der Waals surface area contributed by atoms with Crippen molar-refractivity contribution in [3.05, 3.63) is 103 Å². The van der Waals surface area contributed by atoms with Gasteiger partial charge in [0.25, 0.3) is 8.32 Å². The monoisotopic (exact) mass is 521 g/mol. The number of sulfonamides is 1. The first kappa shape index (κ1) is 26.5. The molecule has 0 saturated carbocycles. The van der Waals surface area contributed by atoms with Gasteiger partial charge in [-0.15, -0.1) is 0 Å². The number of benzene rings is 3. The quantitative estimate of drug-likeness (QED) is 0.379. The van der Waals surface area contributed by atoms with Crippen LogP contribution in [0.3, 0.4) is 0 Å². The second-order valence-electron chi connectivity index (χ2n) is 10.4. The molecule has 5 nitrogen and oxygen atoms in total. The van der Waals surface area contributed by atoms with Gasteiger partial charge >= 0.3 is 0 Å². The smallest absolute Gasteiger partial charge is 0.261 e. The first-order valence-corrected chi connectivity index (χ1v) is 15.6. The molecule has 7 heteroatoms. The highest BCUT2D eigenvalue weighted by atomic mass is 32.2. The fourth-order valence-electron chi connectivity index (χ4n) is 4.97. The Morgan fingerprint density at radius 2 is 1.42 bits per heavy atom. The van der Waals surface area contributed by atoms with E-state index in [1.165, 1.54) is 4.31 Å². The summed E-state index contributed by atoms with van der Waals surface area (Å²) in [4.78, 5) is 0.214. The van der Waals surface area contributed by atoms with Crippen LogP contribution in [0, 0.1) is 6.92 Å². The van der Waals surface area contributed by atoms with E-state index in [9.17, 15) is 13.5 Å². The van der Waals surface area contributed by atoms with Gasteiger partial charge in [-0.2, -0.15) is 4.31 Å². The Labute approximate surface area is 216 Å². The van der Waals surface area contributed by atoms with E-state index in [1.807, 2.05) is 43.3 Å². The summed E-state index contributed by atoms with van der Waals surface area (Å²) in [5.41, 5.74) is 0.985. The van der Waals surface area contributed by atoms with E-state index >= 15 is 0 Å². The molecule has 36 heavy (non-hydrogen) atoms. The van der Waals surface area contributed by atoms with E-state index in [1.54, 1.807) is 36.4 Å². The third-order valence-corrected chi connectivity index (χ3v) is 13.7. The van der Waals surface area contributed by atoms with Crippen LogP contribution in [-0.2, 0) is 14.4 Å². The molecule has 0 bridgehead atoms. The molecule has 1 aliphatic rings. The zero-order valence-corrected chi connectivity index (χ0v) is 23.2. The molecule has 1 aliphatic heterocycles. The highest BCUT2D eigenvalue weighted by Crippen LogP contribution is 2.37.